The Bertz CT molecular complexity index is 449. The zero-order valence-corrected chi connectivity index (χ0v) is 13.3. The highest BCUT2D eigenvalue weighted by Gasteiger charge is 2.14. The molecule has 1 unspecified atom stereocenters. The van der Waals surface area contributed by atoms with E-state index in [1.54, 1.807) is 14.2 Å². The highest BCUT2D eigenvalue weighted by Crippen LogP contribution is 2.22. The normalized spacial score (nSPS) is 13.3. The Morgan fingerprint density at radius 3 is 2.76 bits per heavy atom. The van der Waals surface area contributed by atoms with Crippen molar-refractivity contribution in [1.82, 2.24) is 10.2 Å². The number of benzene rings is 1. The van der Waals surface area contributed by atoms with Gasteiger partial charge in [0.15, 0.2) is 5.96 Å². The third-order valence-electron chi connectivity index (χ3n) is 3.15. The minimum Gasteiger partial charge on any atom is -0.497 e. The zero-order chi connectivity index (χ0) is 15.7. The molecule has 118 valence electrons. The first-order valence-electron chi connectivity index (χ1n) is 6.91. The van der Waals surface area contributed by atoms with Crippen LogP contribution in [0.1, 0.15) is 11.6 Å². The molecule has 0 radical (unpaired) electrons. The molecule has 0 aromatic heterocycles. The molecule has 0 bridgehead atoms. The molecule has 0 saturated heterocycles. The molecular formula is C15H26N4O2. The molecule has 0 saturated carbocycles. The number of hydrogen-bond donors (Lipinski definition) is 2. The summed E-state index contributed by atoms with van der Waals surface area (Å²) in [6.07, 6.45) is 0. The predicted molar refractivity (Wildman–Crippen MR) is 85.8 cm³/mol. The maximum absolute atomic E-state index is 5.84. The SMILES string of the molecule is COCCNC(N)=NCC(c1cccc(OC)c1)N(C)C. The second-order valence-electron chi connectivity index (χ2n) is 4.90. The molecular weight excluding hydrogens is 268 g/mol. The van der Waals surface area contributed by atoms with Gasteiger partial charge in [0, 0.05) is 13.7 Å². The minimum absolute atomic E-state index is 0.142. The number of guanidine groups is 1. The van der Waals surface area contributed by atoms with E-state index >= 15 is 0 Å². The van der Waals surface area contributed by atoms with Gasteiger partial charge in [-0.25, -0.2) is 0 Å². The summed E-state index contributed by atoms with van der Waals surface area (Å²) in [5.41, 5.74) is 6.98. The van der Waals surface area contributed by atoms with E-state index in [9.17, 15) is 0 Å². The van der Waals surface area contributed by atoms with Gasteiger partial charge in [-0.2, -0.15) is 0 Å². The zero-order valence-electron chi connectivity index (χ0n) is 13.3. The molecule has 1 aromatic rings. The van der Waals surface area contributed by atoms with Crippen LogP contribution in [0.5, 0.6) is 5.75 Å². The fourth-order valence-corrected chi connectivity index (χ4v) is 1.94. The molecule has 0 amide bonds. The maximum atomic E-state index is 5.84. The van der Waals surface area contributed by atoms with Gasteiger partial charge in [-0.3, -0.25) is 4.99 Å². The number of hydrogen-bond acceptors (Lipinski definition) is 4. The molecule has 0 heterocycles. The van der Waals surface area contributed by atoms with Crippen LogP contribution in [0.3, 0.4) is 0 Å². The number of likely N-dealkylation sites (N-methyl/N-ethyl adjacent to an activating group) is 1. The lowest BCUT2D eigenvalue weighted by atomic mass is 10.1. The number of methoxy groups -OCH3 is 2. The van der Waals surface area contributed by atoms with E-state index in [4.69, 9.17) is 15.2 Å². The van der Waals surface area contributed by atoms with Crippen LogP contribution in [-0.2, 0) is 4.74 Å². The molecule has 1 rings (SSSR count). The quantitative estimate of drug-likeness (QED) is 0.422. The molecule has 0 aliphatic rings. The molecule has 0 spiro atoms. The predicted octanol–water partition coefficient (Wildman–Crippen LogP) is 0.849. The van der Waals surface area contributed by atoms with Crippen LogP contribution in [0.15, 0.2) is 29.3 Å². The molecule has 3 N–H and O–H groups in total. The molecule has 6 nitrogen and oxygen atoms in total. The van der Waals surface area contributed by atoms with E-state index < -0.39 is 0 Å². The highest BCUT2D eigenvalue weighted by atomic mass is 16.5. The number of nitrogens with one attached hydrogen (secondary N) is 1. The van der Waals surface area contributed by atoms with E-state index in [0.29, 0.717) is 25.7 Å². The third-order valence-corrected chi connectivity index (χ3v) is 3.15. The van der Waals surface area contributed by atoms with Crippen LogP contribution < -0.4 is 15.8 Å². The van der Waals surface area contributed by atoms with Crippen molar-refractivity contribution in [3.8, 4) is 5.75 Å². The van der Waals surface area contributed by atoms with Gasteiger partial charge in [0.05, 0.1) is 26.3 Å². The fraction of sp³-hybridized carbons (Fsp3) is 0.533. The van der Waals surface area contributed by atoms with Crippen molar-refractivity contribution in [1.29, 1.82) is 0 Å². The van der Waals surface area contributed by atoms with E-state index in [-0.39, 0.29) is 6.04 Å². The first kappa shape index (κ1) is 17.3. The van der Waals surface area contributed by atoms with E-state index in [0.717, 1.165) is 11.3 Å². The summed E-state index contributed by atoms with van der Waals surface area (Å²) in [5, 5.41) is 3.01. The summed E-state index contributed by atoms with van der Waals surface area (Å²) >= 11 is 0. The summed E-state index contributed by atoms with van der Waals surface area (Å²) in [6.45, 7) is 1.83. The summed E-state index contributed by atoms with van der Waals surface area (Å²) < 4.78 is 10.2. The molecule has 6 heteroatoms. The Morgan fingerprint density at radius 1 is 1.38 bits per heavy atom. The van der Waals surface area contributed by atoms with Gasteiger partial charge in [0.25, 0.3) is 0 Å². The fourth-order valence-electron chi connectivity index (χ4n) is 1.94. The topological polar surface area (TPSA) is 72.1 Å². The van der Waals surface area contributed by atoms with Crippen molar-refractivity contribution in [3.05, 3.63) is 29.8 Å². The van der Waals surface area contributed by atoms with Gasteiger partial charge < -0.3 is 25.4 Å². The second kappa shape index (κ2) is 9.20. The van der Waals surface area contributed by atoms with E-state index in [1.807, 2.05) is 32.3 Å². The number of nitrogens with two attached hydrogens (primary N) is 1. The minimum atomic E-state index is 0.142. The molecule has 1 atom stereocenters. The van der Waals surface area contributed by atoms with Crippen LogP contribution >= 0.6 is 0 Å². The third kappa shape index (κ3) is 6.01. The Hall–Kier alpha value is -1.79. The van der Waals surface area contributed by atoms with Crippen LogP contribution in [0.2, 0.25) is 0 Å². The van der Waals surface area contributed by atoms with Gasteiger partial charge in [-0.1, -0.05) is 12.1 Å². The van der Waals surface area contributed by atoms with Crippen LogP contribution in [-0.4, -0.2) is 58.9 Å². The van der Waals surface area contributed by atoms with Gasteiger partial charge in [-0.15, -0.1) is 0 Å². The van der Waals surface area contributed by atoms with Gasteiger partial charge in [0.2, 0.25) is 0 Å². The van der Waals surface area contributed by atoms with Crippen molar-refractivity contribution >= 4 is 5.96 Å². The smallest absolute Gasteiger partial charge is 0.188 e. The Labute approximate surface area is 126 Å². The van der Waals surface area contributed by atoms with E-state index in [1.165, 1.54) is 0 Å². The van der Waals surface area contributed by atoms with Crippen LogP contribution in [0.4, 0.5) is 0 Å². The molecule has 21 heavy (non-hydrogen) atoms. The molecule has 0 fully saturated rings. The molecule has 0 aliphatic heterocycles. The Kier molecular flexibility index (Phi) is 7.56. The second-order valence-corrected chi connectivity index (χ2v) is 4.90. The van der Waals surface area contributed by atoms with Crippen molar-refractivity contribution < 1.29 is 9.47 Å². The monoisotopic (exact) mass is 294 g/mol. The molecule has 1 aromatic carbocycles. The van der Waals surface area contributed by atoms with Crippen molar-refractivity contribution in [2.75, 3.05) is 48.0 Å². The number of rotatable bonds is 8. The summed E-state index contributed by atoms with van der Waals surface area (Å²) in [6, 6.07) is 8.14. The lowest BCUT2D eigenvalue weighted by Crippen LogP contribution is -2.35. The lowest BCUT2D eigenvalue weighted by molar-refractivity contribution is 0.204. The van der Waals surface area contributed by atoms with Gasteiger partial charge in [0.1, 0.15) is 5.75 Å². The van der Waals surface area contributed by atoms with Crippen molar-refractivity contribution in [3.63, 3.8) is 0 Å². The maximum Gasteiger partial charge on any atom is 0.188 e. The largest absolute Gasteiger partial charge is 0.497 e. The Morgan fingerprint density at radius 2 is 2.14 bits per heavy atom. The number of nitrogens with zero attached hydrogens (tertiary/aromatic N) is 2. The summed E-state index contributed by atoms with van der Waals surface area (Å²) in [5.74, 6) is 1.27. The first-order valence-corrected chi connectivity index (χ1v) is 6.91. The van der Waals surface area contributed by atoms with Crippen molar-refractivity contribution in [2.45, 2.75) is 6.04 Å². The van der Waals surface area contributed by atoms with E-state index in [2.05, 4.69) is 21.3 Å². The van der Waals surface area contributed by atoms with Crippen molar-refractivity contribution in [2.24, 2.45) is 10.7 Å². The van der Waals surface area contributed by atoms with Crippen LogP contribution in [0, 0.1) is 0 Å². The lowest BCUT2D eigenvalue weighted by Gasteiger charge is -2.23. The summed E-state index contributed by atoms with van der Waals surface area (Å²) in [7, 11) is 7.36. The van der Waals surface area contributed by atoms with Gasteiger partial charge >= 0.3 is 0 Å². The number of aliphatic imine (C=N–C) groups is 1. The van der Waals surface area contributed by atoms with Gasteiger partial charge in [-0.05, 0) is 31.8 Å². The number of ether oxygens (including phenoxy) is 2. The molecule has 0 aliphatic carbocycles. The first-order chi connectivity index (χ1) is 10.1. The standard InChI is InChI=1S/C15H26N4O2/c1-19(2)14(11-18-15(16)17-8-9-20-3)12-6-5-7-13(10-12)21-4/h5-7,10,14H,8-9,11H2,1-4H3,(H3,16,17,18). The van der Waals surface area contributed by atoms with Crippen LogP contribution in [0.25, 0.3) is 0 Å². The average molecular weight is 294 g/mol. The summed E-state index contributed by atoms with van der Waals surface area (Å²) in [4.78, 5) is 6.51. The Balaban J connectivity index is 2.71. The highest BCUT2D eigenvalue weighted by molar-refractivity contribution is 5.77. The average Bonchev–Trinajstić information content (AvgIpc) is 2.47.